The molecule has 0 spiro atoms. The topological polar surface area (TPSA) is 38.3 Å². The van der Waals surface area contributed by atoms with Crippen LogP contribution >= 0.6 is 0 Å². The highest BCUT2D eigenvalue weighted by atomic mass is 16.5. The summed E-state index contributed by atoms with van der Waals surface area (Å²) in [5.74, 6) is 1.55. The van der Waals surface area contributed by atoms with E-state index in [1.165, 1.54) is 0 Å². The van der Waals surface area contributed by atoms with E-state index in [1.807, 2.05) is 6.20 Å². The van der Waals surface area contributed by atoms with Gasteiger partial charge in [0.15, 0.2) is 0 Å². The van der Waals surface area contributed by atoms with Crippen molar-refractivity contribution in [3.63, 3.8) is 0 Å². The molecule has 0 saturated heterocycles. The van der Waals surface area contributed by atoms with Gasteiger partial charge in [-0.05, 0) is 20.8 Å². The molecule has 0 unspecified atom stereocenters. The summed E-state index contributed by atoms with van der Waals surface area (Å²) in [6, 6.07) is 0. The zero-order chi connectivity index (χ0) is 13.6. The third-order valence-electron chi connectivity index (χ3n) is 3.06. The third kappa shape index (κ3) is 2.42. The molecule has 0 saturated carbocycles. The summed E-state index contributed by atoms with van der Waals surface area (Å²) in [6.07, 6.45) is 1.90. The van der Waals surface area contributed by atoms with Gasteiger partial charge in [0, 0.05) is 11.0 Å². The molecular formula is C14H23N3O. The Hall–Kier alpha value is -1.32. The van der Waals surface area contributed by atoms with Crippen LogP contribution in [-0.4, -0.2) is 28.7 Å². The summed E-state index contributed by atoms with van der Waals surface area (Å²) in [7, 11) is 0. The number of hydrogen-bond acceptors (Lipinski definition) is 4. The van der Waals surface area contributed by atoms with Crippen LogP contribution in [0.5, 0.6) is 5.88 Å². The largest absolute Gasteiger partial charge is 0.474 e. The van der Waals surface area contributed by atoms with Crippen LogP contribution in [0.4, 0.5) is 5.69 Å². The van der Waals surface area contributed by atoms with Crippen LogP contribution in [0, 0.1) is 0 Å². The molecule has 1 aliphatic rings. The SMILES string of the molecule is CC(C)(C)c1ncc2c(n1)OCCN2C(C)(C)C. The van der Waals surface area contributed by atoms with Gasteiger partial charge in [-0.25, -0.2) is 4.98 Å². The second kappa shape index (κ2) is 4.11. The molecule has 0 atom stereocenters. The molecule has 0 bridgehead atoms. The molecule has 0 amide bonds. The Balaban J connectivity index is 2.43. The van der Waals surface area contributed by atoms with Crippen molar-refractivity contribution in [1.29, 1.82) is 0 Å². The number of nitrogens with zero attached hydrogens (tertiary/aromatic N) is 3. The predicted molar refractivity (Wildman–Crippen MR) is 73.3 cm³/mol. The summed E-state index contributed by atoms with van der Waals surface area (Å²) >= 11 is 0. The lowest BCUT2D eigenvalue weighted by molar-refractivity contribution is 0.275. The van der Waals surface area contributed by atoms with Gasteiger partial charge < -0.3 is 9.64 Å². The van der Waals surface area contributed by atoms with Crippen molar-refractivity contribution in [2.24, 2.45) is 0 Å². The Morgan fingerprint density at radius 2 is 1.83 bits per heavy atom. The standard InChI is InChI=1S/C14H23N3O/c1-13(2,3)12-15-9-10-11(16-12)18-8-7-17(10)14(4,5)6/h9H,7-8H2,1-6H3. The van der Waals surface area contributed by atoms with E-state index < -0.39 is 0 Å². The second-order valence-electron chi connectivity index (χ2n) is 6.80. The van der Waals surface area contributed by atoms with E-state index in [0.717, 1.165) is 23.9 Å². The first kappa shape index (κ1) is 13.1. The maximum atomic E-state index is 5.69. The zero-order valence-corrected chi connectivity index (χ0v) is 12.2. The van der Waals surface area contributed by atoms with E-state index in [4.69, 9.17) is 4.74 Å². The van der Waals surface area contributed by atoms with Crippen LogP contribution in [0.25, 0.3) is 0 Å². The number of fused-ring (bicyclic) bond motifs is 1. The fourth-order valence-electron chi connectivity index (χ4n) is 2.06. The number of anilines is 1. The molecule has 0 aromatic carbocycles. The average Bonchev–Trinajstić information content (AvgIpc) is 2.25. The fourth-order valence-corrected chi connectivity index (χ4v) is 2.06. The normalized spacial score (nSPS) is 16.2. The molecule has 4 nitrogen and oxygen atoms in total. The first-order valence-electron chi connectivity index (χ1n) is 6.47. The van der Waals surface area contributed by atoms with Crippen LogP contribution in [0.15, 0.2) is 6.20 Å². The number of rotatable bonds is 0. The van der Waals surface area contributed by atoms with Gasteiger partial charge in [-0.2, -0.15) is 4.98 Å². The predicted octanol–water partition coefficient (Wildman–Crippen LogP) is 2.77. The molecule has 1 aromatic rings. The lowest BCUT2D eigenvalue weighted by Crippen LogP contribution is -2.46. The van der Waals surface area contributed by atoms with Gasteiger partial charge >= 0.3 is 0 Å². The van der Waals surface area contributed by atoms with Gasteiger partial charge in [0.25, 0.3) is 0 Å². The minimum absolute atomic E-state index is 0.0532. The van der Waals surface area contributed by atoms with E-state index in [1.54, 1.807) is 0 Å². The monoisotopic (exact) mass is 249 g/mol. The van der Waals surface area contributed by atoms with Gasteiger partial charge in [0.2, 0.25) is 5.88 Å². The molecule has 2 rings (SSSR count). The van der Waals surface area contributed by atoms with Crippen LogP contribution < -0.4 is 9.64 Å². The van der Waals surface area contributed by atoms with Crippen molar-refractivity contribution in [3.8, 4) is 5.88 Å². The first-order valence-corrected chi connectivity index (χ1v) is 6.47. The molecule has 100 valence electrons. The van der Waals surface area contributed by atoms with Crippen molar-refractivity contribution >= 4 is 5.69 Å². The fraction of sp³-hybridized carbons (Fsp3) is 0.714. The lowest BCUT2D eigenvalue weighted by Gasteiger charge is -2.40. The maximum absolute atomic E-state index is 5.69. The Labute approximate surface area is 109 Å². The Kier molecular flexibility index (Phi) is 2.99. The summed E-state index contributed by atoms with van der Waals surface area (Å²) in [5.41, 5.74) is 1.01. The average molecular weight is 249 g/mol. The molecule has 1 aliphatic heterocycles. The lowest BCUT2D eigenvalue weighted by atomic mass is 9.95. The molecule has 2 heterocycles. The molecule has 1 aromatic heterocycles. The second-order valence-corrected chi connectivity index (χ2v) is 6.80. The van der Waals surface area contributed by atoms with Crippen LogP contribution in [0.3, 0.4) is 0 Å². The van der Waals surface area contributed by atoms with E-state index in [-0.39, 0.29) is 11.0 Å². The number of aromatic nitrogens is 2. The quantitative estimate of drug-likeness (QED) is 0.708. The first-order chi connectivity index (χ1) is 8.19. The summed E-state index contributed by atoms with van der Waals surface area (Å²) < 4.78 is 5.69. The zero-order valence-electron chi connectivity index (χ0n) is 12.2. The molecule has 0 fully saturated rings. The number of hydrogen-bond donors (Lipinski definition) is 0. The van der Waals surface area contributed by atoms with Crippen molar-refractivity contribution in [2.45, 2.75) is 52.5 Å². The Bertz CT molecular complexity index is 443. The van der Waals surface area contributed by atoms with Crippen LogP contribution in [0.2, 0.25) is 0 Å². The van der Waals surface area contributed by atoms with Crippen LogP contribution in [-0.2, 0) is 5.41 Å². The van der Waals surface area contributed by atoms with Crippen molar-refractivity contribution in [1.82, 2.24) is 9.97 Å². The van der Waals surface area contributed by atoms with Gasteiger partial charge in [-0.15, -0.1) is 0 Å². The molecule has 0 N–H and O–H groups in total. The van der Waals surface area contributed by atoms with Crippen LogP contribution in [0.1, 0.15) is 47.4 Å². The van der Waals surface area contributed by atoms with Gasteiger partial charge in [0.05, 0.1) is 12.7 Å². The Morgan fingerprint density at radius 3 is 2.39 bits per heavy atom. The molecule has 0 radical (unpaired) electrons. The molecule has 0 aliphatic carbocycles. The van der Waals surface area contributed by atoms with E-state index in [0.29, 0.717) is 6.61 Å². The van der Waals surface area contributed by atoms with Gasteiger partial charge in [-0.1, -0.05) is 20.8 Å². The van der Waals surface area contributed by atoms with Gasteiger partial charge in [0.1, 0.15) is 18.1 Å². The number of ether oxygens (including phenoxy) is 1. The smallest absolute Gasteiger partial charge is 0.241 e. The van der Waals surface area contributed by atoms with Crippen molar-refractivity contribution < 1.29 is 4.74 Å². The van der Waals surface area contributed by atoms with E-state index in [2.05, 4.69) is 56.4 Å². The highest BCUT2D eigenvalue weighted by Crippen LogP contribution is 2.35. The van der Waals surface area contributed by atoms with E-state index in [9.17, 15) is 0 Å². The van der Waals surface area contributed by atoms with Crippen molar-refractivity contribution in [2.75, 3.05) is 18.1 Å². The molecule has 4 heteroatoms. The minimum atomic E-state index is -0.0532. The molecule has 18 heavy (non-hydrogen) atoms. The molecular weight excluding hydrogens is 226 g/mol. The van der Waals surface area contributed by atoms with Crippen molar-refractivity contribution in [3.05, 3.63) is 12.0 Å². The third-order valence-corrected chi connectivity index (χ3v) is 3.06. The minimum Gasteiger partial charge on any atom is -0.474 e. The maximum Gasteiger partial charge on any atom is 0.241 e. The van der Waals surface area contributed by atoms with Gasteiger partial charge in [-0.3, -0.25) is 0 Å². The summed E-state index contributed by atoms with van der Waals surface area (Å²) in [6.45, 7) is 14.5. The van der Waals surface area contributed by atoms with E-state index >= 15 is 0 Å². The highest BCUT2D eigenvalue weighted by Gasteiger charge is 2.30. The Morgan fingerprint density at radius 1 is 1.17 bits per heavy atom. The summed E-state index contributed by atoms with van der Waals surface area (Å²) in [5, 5.41) is 0. The highest BCUT2D eigenvalue weighted by molar-refractivity contribution is 5.56. The summed E-state index contributed by atoms with van der Waals surface area (Å²) in [4.78, 5) is 11.4.